The molecule has 198 valence electrons. The van der Waals surface area contributed by atoms with Crippen molar-refractivity contribution in [2.24, 2.45) is 0 Å². The summed E-state index contributed by atoms with van der Waals surface area (Å²) in [6.07, 6.45) is 8.61. The topological polar surface area (TPSA) is 103 Å². The highest BCUT2D eigenvalue weighted by molar-refractivity contribution is 8.19. The lowest BCUT2D eigenvalue weighted by atomic mass is 10.1. The van der Waals surface area contributed by atoms with Crippen molar-refractivity contribution in [1.29, 1.82) is 10.7 Å². The molecule has 0 aliphatic carbocycles. The third-order valence-electron chi connectivity index (χ3n) is 5.57. The Morgan fingerprint density at radius 1 is 1.18 bits per heavy atom. The van der Waals surface area contributed by atoms with Gasteiger partial charge in [0.25, 0.3) is 5.91 Å². The number of benzene rings is 2. The lowest BCUT2D eigenvalue weighted by Gasteiger charge is -2.19. The van der Waals surface area contributed by atoms with Crippen LogP contribution in [0.4, 0.5) is 0 Å². The first kappa shape index (κ1) is 29.2. The van der Waals surface area contributed by atoms with Crippen LogP contribution < -0.4 is 5.32 Å². The molecule has 1 amide bonds. The van der Waals surface area contributed by atoms with Gasteiger partial charge in [-0.25, -0.2) is 0 Å². The van der Waals surface area contributed by atoms with Crippen LogP contribution in [-0.2, 0) is 11.3 Å². The van der Waals surface area contributed by atoms with Gasteiger partial charge >= 0.3 is 0 Å². The first-order valence-electron chi connectivity index (χ1n) is 12.0. The van der Waals surface area contributed by atoms with Crippen molar-refractivity contribution in [3.63, 3.8) is 0 Å². The maximum atomic E-state index is 13.0. The van der Waals surface area contributed by atoms with Gasteiger partial charge in [0, 0.05) is 24.6 Å². The van der Waals surface area contributed by atoms with Crippen LogP contribution in [0.5, 0.6) is 5.75 Å². The van der Waals surface area contributed by atoms with E-state index in [0.717, 1.165) is 28.4 Å². The normalized spacial score (nSPS) is 17.3. The summed E-state index contributed by atoms with van der Waals surface area (Å²) in [7, 11) is 1.92. The molecule has 2 heterocycles. The molecule has 0 radical (unpaired) electrons. The van der Waals surface area contributed by atoms with Crippen LogP contribution in [-0.4, -0.2) is 39.6 Å². The molecule has 1 fully saturated rings. The van der Waals surface area contributed by atoms with Crippen LogP contribution in [0.3, 0.4) is 0 Å². The maximum Gasteiger partial charge on any atom is 0.269 e. The van der Waals surface area contributed by atoms with E-state index in [1.807, 2.05) is 72.8 Å². The molecule has 0 aromatic heterocycles. The van der Waals surface area contributed by atoms with Crippen LogP contribution in [0.15, 0.2) is 93.4 Å². The summed E-state index contributed by atoms with van der Waals surface area (Å²) in [5.41, 5.74) is 4.26. The third kappa shape index (κ3) is 7.61. The van der Waals surface area contributed by atoms with Gasteiger partial charge < -0.3 is 15.3 Å². The van der Waals surface area contributed by atoms with Crippen molar-refractivity contribution >= 4 is 40.3 Å². The van der Waals surface area contributed by atoms with Crippen molar-refractivity contribution in [2.75, 3.05) is 13.6 Å². The number of phenolic OH excluding ortho intramolecular Hbond substituents is 1. The smallest absolute Gasteiger partial charge is 0.269 e. The van der Waals surface area contributed by atoms with Crippen LogP contribution in [0, 0.1) is 29.1 Å². The van der Waals surface area contributed by atoms with E-state index in [0.29, 0.717) is 22.7 Å². The number of aromatic hydroxyl groups is 1. The predicted octanol–water partition coefficient (Wildman–Crippen LogP) is 5.83. The highest BCUT2D eigenvalue weighted by Gasteiger charge is 2.37. The molecule has 2 aliphatic rings. The number of terminal acetylenes is 1. The summed E-state index contributed by atoms with van der Waals surface area (Å²) in [6.45, 7) is 4.88. The van der Waals surface area contributed by atoms with E-state index in [-0.39, 0.29) is 16.8 Å². The lowest BCUT2D eigenvalue weighted by Crippen LogP contribution is -2.28. The van der Waals surface area contributed by atoms with Crippen LogP contribution in [0.1, 0.15) is 25.0 Å². The number of hydrogen-bond acceptors (Lipinski definition) is 8. The van der Waals surface area contributed by atoms with E-state index in [2.05, 4.69) is 11.2 Å². The number of carbonyl (C=O) groups is 1. The molecule has 4 rings (SSSR count). The third-order valence-corrected chi connectivity index (χ3v) is 7.73. The van der Waals surface area contributed by atoms with E-state index in [4.69, 9.17) is 17.1 Å². The van der Waals surface area contributed by atoms with Gasteiger partial charge in [-0.2, -0.15) is 5.26 Å². The molecule has 2 aliphatic heterocycles. The number of phenols is 1. The van der Waals surface area contributed by atoms with E-state index in [1.165, 1.54) is 28.4 Å². The first-order valence-corrected chi connectivity index (χ1v) is 13.7. The zero-order valence-electron chi connectivity index (χ0n) is 21.9. The highest BCUT2D eigenvalue weighted by atomic mass is 32.2. The van der Waals surface area contributed by atoms with Crippen LogP contribution in [0.25, 0.3) is 5.70 Å². The van der Waals surface area contributed by atoms with E-state index in [1.54, 1.807) is 31.2 Å². The monoisotopic (exact) mass is 555 g/mol. The zero-order chi connectivity index (χ0) is 28.4. The van der Waals surface area contributed by atoms with Crippen molar-refractivity contribution in [1.82, 2.24) is 15.1 Å². The van der Waals surface area contributed by atoms with Gasteiger partial charge in [0.15, 0.2) is 5.17 Å². The summed E-state index contributed by atoms with van der Waals surface area (Å²) in [5.74, 6) is 2.56. The number of hydrogen-bond donors (Lipinski definition) is 3. The fourth-order valence-corrected chi connectivity index (χ4v) is 5.64. The predicted molar refractivity (Wildman–Crippen MR) is 161 cm³/mol. The minimum atomic E-state index is -0.136. The van der Waals surface area contributed by atoms with Crippen molar-refractivity contribution in [3.05, 3.63) is 104 Å². The summed E-state index contributed by atoms with van der Waals surface area (Å²) in [5, 5.41) is 32.2. The minimum absolute atomic E-state index is 0.136. The Hall–Kier alpha value is -4.31. The van der Waals surface area contributed by atoms with Gasteiger partial charge in [-0.3, -0.25) is 15.1 Å². The Morgan fingerprint density at radius 2 is 1.87 bits per heavy atom. The molecule has 3 N–H and O–H groups in total. The Morgan fingerprint density at radius 3 is 2.49 bits per heavy atom. The molecule has 9 heteroatoms. The number of nitriles is 1. The maximum absolute atomic E-state index is 13.0. The average molecular weight is 556 g/mol. The standard InChI is InChI=1S/C20H17N3O2S2.C10H12N2/c1-22-16(14-7-9-15(24)10-8-14)12-26-19(22)17-18(25)23(20(21)27-17)11-13-5-3-2-4-6-13;1-4-10(12-5-2)7-6-9(3)8-11/h2-10,12,21,24H,11H2,1H3;1,6-7,12H,5H2,2-3H3/b19-17-,21-20?;9-6+,10-7+. The Bertz CT molecular complexity index is 1430. The number of amides is 1. The number of amidine groups is 1. The number of allylic oxidation sites excluding steroid dienone is 4. The molecular formula is C30H29N5O2S2. The number of nitrogens with zero attached hydrogens (tertiary/aromatic N) is 3. The summed E-state index contributed by atoms with van der Waals surface area (Å²) in [4.78, 5) is 17.0. The van der Waals surface area contributed by atoms with Gasteiger partial charge in [0.05, 0.1) is 29.0 Å². The molecule has 39 heavy (non-hydrogen) atoms. The summed E-state index contributed by atoms with van der Waals surface area (Å²) < 4.78 is 0. The number of thioether (sulfide) groups is 2. The SMILES string of the molecule is C#C/C(=C\C=C(/C)C#N)NCC.CN1C(c2ccc(O)cc2)=CS/C1=C1\SC(=N)N(Cc2ccccc2)C1=O. The van der Waals surface area contributed by atoms with Crippen molar-refractivity contribution in [3.8, 4) is 24.2 Å². The number of nitrogens with one attached hydrogen (secondary N) is 2. The van der Waals surface area contributed by atoms with Crippen LogP contribution >= 0.6 is 23.5 Å². The lowest BCUT2D eigenvalue weighted by molar-refractivity contribution is -0.122. The molecule has 1 saturated heterocycles. The second kappa shape index (κ2) is 14.0. The molecule has 0 bridgehead atoms. The molecule has 0 atom stereocenters. The van der Waals surface area contributed by atoms with Gasteiger partial charge in [-0.1, -0.05) is 48.0 Å². The highest BCUT2D eigenvalue weighted by Crippen LogP contribution is 2.45. The molecule has 0 unspecified atom stereocenters. The first-order chi connectivity index (χ1) is 18.8. The second-order valence-electron chi connectivity index (χ2n) is 8.36. The molecule has 7 nitrogen and oxygen atoms in total. The molecular weight excluding hydrogens is 526 g/mol. The fourth-order valence-electron chi connectivity index (χ4n) is 3.53. The Kier molecular flexibility index (Phi) is 10.5. The quantitative estimate of drug-likeness (QED) is 0.178. The Labute approximate surface area is 238 Å². The largest absolute Gasteiger partial charge is 0.508 e. The van der Waals surface area contributed by atoms with Gasteiger partial charge in [0.1, 0.15) is 10.7 Å². The number of rotatable bonds is 6. The Balaban J connectivity index is 0.000000298. The van der Waals surface area contributed by atoms with Crippen molar-refractivity contribution < 1.29 is 9.90 Å². The molecule has 0 spiro atoms. The van der Waals surface area contributed by atoms with E-state index in [9.17, 15) is 9.90 Å². The summed E-state index contributed by atoms with van der Waals surface area (Å²) >= 11 is 2.69. The zero-order valence-corrected chi connectivity index (χ0v) is 23.6. The second-order valence-corrected chi connectivity index (χ2v) is 10.2. The van der Waals surface area contributed by atoms with E-state index >= 15 is 0 Å². The average Bonchev–Trinajstić information content (AvgIpc) is 3.46. The van der Waals surface area contributed by atoms with Gasteiger partial charge in [0.2, 0.25) is 0 Å². The van der Waals surface area contributed by atoms with Gasteiger partial charge in [-0.15, -0.1) is 6.42 Å². The fraction of sp³-hybridized carbons (Fsp3) is 0.167. The molecule has 2 aromatic rings. The molecule has 0 saturated carbocycles. The number of carbonyl (C=O) groups excluding carboxylic acids is 1. The van der Waals surface area contributed by atoms with E-state index < -0.39 is 0 Å². The summed E-state index contributed by atoms with van der Waals surface area (Å²) in [6, 6.07) is 18.7. The van der Waals surface area contributed by atoms with Gasteiger partial charge in [-0.05, 0) is 73.2 Å². The van der Waals surface area contributed by atoms with Crippen LogP contribution in [0.2, 0.25) is 0 Å². The molecule has 2 aromatic carbocycles. The van der Waals surface area contributed by atoms with Crippen molar-refractivity contribution in [2.45, 2.75) is 20.4 Å². The minimum Gasteiger partial charge on any atom is -0.508 e.